The van der Waals surface area contributed by atoms with Gasteiger partial charge in [-0.15, -0.1) is 0 Å². The summed E-state index contributed by atoms with van der Waals surface area (Å²) in [6.45, 7) is 0. The van der Waals surface area contributed by atoms with Crippen LogP contribution in [-0.2, 0) is 11.0 Å². The van der Waals surface area contributed by atoms with Crippen molar-refractivity contribution in [1.82, 2.24) is 0 Å². The number of nitrogens with one attached hydrogen (secondary N) is 2. The zero-order valence-corrected chi connectivity index (χ0v) is 13.7. The average Bonchev–Trinajstić information content (AvgIpc) is 3.39. The van der Waals surface area contributed by atoms with Gasteiger partial charge in [-0.1, -0.05) is 0 Å². The van der Waals surface area contributed by atoms with Crippen LogP contribution in [0, 0.1) is 17.6 Å². The first-order chi connectivity index (χ1) is 12.6. The first-order valence-electron chi connectivity index (χ1n) is 7.93. The molecule has 1 aliphatic rings. The monoisotopic (exact) mass is 384 g/mol. The lowest BCUT2D eigenvalue weighted by Crippen LogP contribution is -2.18. The minimum atomic E-state index is -4.82. The maximum atomic E-state index is 13.3. The van der Waals surface area contributed by atoms with Crippen molar-refractivity contribution in [3.8, 4) is 0 Å². The zero-order chi connectivity index (χ0) is 19.8. The molecule has 0 bridgehead atoms. The summed E-state index contributed by atoms with van der Waals surface area (Å²) >= 11 is 0. The van der Waals surface area contributed by atoms with Crippen molar-refractivity contribution in [2.45, 2.75) is 19.0 Å². The number of benzene rings is 2. The third kappa shape index (κ3) is 4.60. The van der Waals surface area contributed by atoms with Crippen molar-refractivity contribution < 1.29 is 31.5 Å². The van der Waals surface area contributed by atoms with Gasteiger partial charge in [-0.3, -0.25) is 9.59 Å². The molecule has 1 fully saturated rings. The quantitative estimate of drug-likeness (QED) is 0.758. The molecule has 142 valence electrons. The Morgan fingerprint density at radius 1 is 0.926 bits per heavy atom. The molecule has 0 aromatic heterocycles. The molecule has 2 N–H and O–H groups in total. The summed E-state index contributed by atoms with van der Waals surface area (Å²) in [5.74, 6) is -3.73. The van der Waals surface area contributed by atoms with E-state index in [9.17, 15) is 31.5 Å². The highest BCUT2D eigenvalue weighted by Gasteiger charge is 2.35. The molecule has 27 heavy (non-hydrogen) atoms. The minimum Gasteiger partial charge on any atom is -0.326 e. The molecule has 0 spiro atoms. The van der Waals surface area contributed by atoms with Crippen LogP contribution in [0.5, 0.6) is 0 Å². The lowest BCUT2D eigenvalue weighted by Gasteiger charge is -2.16. The number of rotatable bonds is 4. The lowest BCUT2D eigenvalue weighted by molar-refractivity contribution is -0.137. The van der Waals surface area contributed by atoms with E-state index in [0.29, 0.717) is 37.1 Å². The number of hydrogen-bond donors (Lipinski definition) is 2. The Morgan fingerprint density at radius 2 is 1.56 bits per heavy atom. The molecule has 0 unspecified atom stereocenters. The number of carbonyl (C=O) groups excluding carboxylic acids is 2. The average molecular weight is 384 g/mol. The van der Waals surface area contributed by atoms with Crippen LogP contribution in [0.15, 0.2) is 36.4 Å². The Labute approximate surface area is 150 Å². The van der Waals surface area contributed by atoms with Gasteiger partial charge in [-0.2, -0.15) is 13.2 Å². The van der Waals surface area contributed by atoms with Crippen LogP contribution in [-0.4, -0.2) is 11.8 Å². The van der Waals surface area contributed by atoms with Crippen LogP contribution in [0.1, 0.15) is 28.8 Å². The molecular formula is C18H13F5N2O2. The van der Waals surface area contributed by atoms with E-state index in [4.69, 9.17) is 0 Å². The molecule has 1 aliphatic carbocycles. The second-order valence-electron chi connectivity index (χ2n) is 6.13. The fourth-order valence-corrected chi connectivity index (χ4v) is 2.43. The molecular weight excluding hydrogens is 371 g/mol. The molecule has 0 heterocycles. The van der Waals surface area contributed by atoms with Crippen LogP contribution in [0.3, 0.4) is 0 Å². The predicted octanol–water partition coefficient (Wildman–Crippen LogP) is 4.58. The zero-order valence-electron chi connectivity index (χ0n) is 13.7. The number of carbonyl (C=O) groups is 2. The Morgan fingerprint density at radius 3 is 2.11 bits per heavy atom. The van der Waals surface area contributed by atoms with Crippen LogP contribution >= 0.6 is 0 Å². The number of amides is 2. The highest BCUT2D eigenvalue weighted by molar-refractivity contribution is 6.05. The predicted molar refractivity (Wildman–Crippen MR) is 87.1 cm³/mol. The maximum absolute atomic E-state index is 13.3. The number of hydrogen-bond acceptors (Lipinski definition) is 2. The topological polar surface area (TPSA) is 58.2 Å². The second-order valence-corrected chi connectivity index (χ2v) is 6.13. The van der Waals surface area contributed by atoms with E-state index in [0.717, 1.165) is 6.07 Å². The largest absolute Gasteiger partial charge is 0.418 e. The summed E-state index contributed by atoms with van der Waals surface area (Å²) in [5, 5.41) is 4.39. The van der Waals surface area contributed by atoms with Crippen LogP contribution in [0.25, 0.3) is 0 Å². The molecule has 9 heteroatoms. The van der Waals surface area contributed by atoms with E-state index in [-0.39, 0.29) is 17.5 Å². The minimum absolute atomic E-state index is 0.0611. The molecule has 2 aromatic carbocycles. The number of alkyl halides is 3. The Bertz CT molecular complexity index is 887. The fraction of sp³-hybridized carbons (Fsp3) is 0.222. The van der Waals surface area contributed by atoms with Gasteiger partial charge < -0.3 is 10.6 Å². The fourth-order valence-electron chi connectivity index (χ4n) is 2.43. The standard InChI is InChI=1S/C18H13F5N2O2/c19-11-5-10(6-12(20)7-11)17(27)25-15-4-3-13(8-14(15)18(21,22)23)24-16(26)9-1-2-9/h3-9H,1-2H2,(H,24,26)(H,25,27). The summed E-state index contributed by atoms with van der Waals surface area (Å²) < 4.78 is 66.4. The van der Waals surface area contributed by atoms with Crippen molar-refractivity contribution in [2.75, 3.05) is 10.6 Å². The lowest BCUT2D eigenvalue weighted by atomic mass is 10.1. The van der Waals surface area contributed by atoms with Gasteiger partial charge in [0.15, 0.2) is 0 Å². The molecule has 0 aliphatic heterocycles. The SMILES string of the molecule is O=C(Nc1ccc(NC(=O)C2CC2)cc1C(F)(F)F)c1cc(F)cc(F)c1. The van der Waals surface area contributed by atoms with Gasteiger partial charge in [0.25, 0.3) is 5.91 Å². The van der Waals surface area contributed by atoms with E-state index < -0.39 is 40.5 Å². The molecule has 1 saturated carbocycles. The third-order valence-electron chi connectivity index (χ3n) is 3.91. The van der Waals surface area contributed by atoms with Gasteiger partial charge in [-0.25, -0.2) is 8.78 Å². The first kappa shape index (κ1) is 18.8. The Hall–Kier alpha value is -2.97. The van der Waals surface area contributed by atoms with E-state index in [1.165, 1.54) is 6.07 Å². The van der Waals surface area contributed by atoms with Crippen molar-refractivity contribution in [2.24, 2.45) is 5.92 Å². The molecule has 3 rings (SSSR count). The summed E-state index contributed by atoms with van der Waals surface area (Å²) in [5.41, 5.74) is -2.32. The molecule has 4 nitrogen and oxygen atoms in total. The van der Waals surface area contributed by atoms with E-state index in [1.54, 1.807) is 0 Å². The van der Waals surface area contributed by atoms with E-state index in [1.807, 2.05) is 5.32 Å². The van der Waals surface area contributed by atoms with Gasteiger partial charge in [-0.05, 0) is 43.2 Å². The highest BCUT2D eigenvalue weighted by atomic mass is 19.4. The Balaban J connectivity index is 1.87. The van der Waals surface area contributed by atoms with E-state index >= 15 is 0 Å². The van der Waals surface area contributed by atoms with Gasteiger partial charge in [0.2, 0.25) is 5.91 Å². The molecule has 2 aromatic rings. The summed E-state index contributed by atoms with van der Waals surface area (Å²) in [6.07, 6.45) is -3.44. The molecule has 2 amide bonds. The maximum Gasteiger partial charge on any atom is 0.418 e. The Kier molecular flexibility index (Phi) is 4.86. The molecule has 0 saturated heterocycles. The smallest absolute Gasteiger partial charge is 0.326 e. The van der Waals surface area contributed by atoms with Gasteiger partial charge in [0.05, 0.1) is 11.3 Å². The van der Waals surface area contributed by atoms with Crippen LogP contribution < -0.4 is 10.6 Å². The normalized spacial score (nSPS) is 14.0. The summed E-state index contributed by atoms with van der Waals surface area (Å²) in [4.78, 5) is 23.8. The summed E-state index contributed by atoms with van der Waals surface area (Å²) in [6, 6.07) is 4.82. The molecule has 0 atom stereocenters. The first-order valence-corrected chi connectivity index (χ1v) is 7.93. The second kappa shape index (κ2) is 6.98. The van der Waals surface area contributed by atoms with Crippen molar-refractivity contribution in [1.29, 1.82) is 0 Å². The third-order valence-corrected chi connectivity index (χ3v) is 3.91. The van der Waals surface area contributed by atoms with Gasteiger partial charge in [0, 0.05) is 23.2 Å². The van der Waals surface area contributed by atoms with E-state index in [2.05, 4.69) is 5.32 Å². The van der Waals surface area contributed by atoms with Gasteiger partial charge >= 0.3 is 6.18 Å². The summed E-state index contributed by atoms with van der Waals surface area (Å²) in [7, 11) is 0. The number of anilines is 2. The van der Waals surface area contributed by atoms with Crippen LogP contribution in [0.4, 0.5) is 33.3 Å². The van der Waals surface area contributed by atoms with Crippen molar-refractivity contribution >= 4 is 23.2 Å². The highest BCUT2D eigenvalue weighted by Crippen LogP contribution is 2.37. The van der Waals surface area contributed by atoms with Crippen molar-refractivity contribution in [3.05, 3.63) is 59.2 Å². The van der Waals surface area contributed by atoms with Crippen LogP contribution in [0.2, 0.25) is 0 Å². The number of halogens is 5. The van der Waals surface area contributed by atoms with Crippen molar-refractivity contribution in [3.63, 3.8) is 0 Å². The van der Waals surface area contributed by atoms with Gasteiger partial charge in [0.1, 0.15) is 11.6 Å². The molecule has 0 radical (unpaired) electrons.